The van der Waals surface area contributed by atoms with Crippen LogP contribution in [0.1, 0.15) is 34.8 Å². The standard InChI is InChI=1S/C11H18N4O3/c1-11(2,18-4)6-13-10(17)8-5-7(9(12)16)14-15(8)3/h5H,6H2,1-4H3,(H2,12,16)(H,13,17). The fourth-order valence-corrected chi connectivity index (χ4v) is 1.26. The van der Waals surface area contributed by atoms with E-state index < -0.39 is 11.5 Å². The molecule has 1 rings (SSSR count). The number of carbonyl (C=O) groups excluding carboxylic acids is 2. The van der Waals surface area contributed by atoms with Gasteiger partial charge in [-0.25, -0.2) is 0 Å². The average Bonchev–Trinajstić information content (AvgIpc) is 2.69. The van der Waals surface area contributed by atoms with Crippen LogP contribution in [0.25, 0.3) is 0 Å². The largest absolute Gasteiger partial charge is 0.377 e. The van der Waals surface area contributed by atoms with Gasteiger partial charge in [-0.05, 0) is 13.8 Å². The number of ether oxygens (including phenoxy) is 1. The predicted octanol–water partition coefficient (Wildman–Crippen LogP) is -0.326. The lowest BCUT2D eigenvalue weighted by Gasteiger charge is -2.22. The lowest BCUT2D eigenvalue weighted by atomic mass is 10.1. The molecule has 7 heteroatoms. The summed E-state index contributed by atoms with van der Waals surface area (Å²) in [6.45, 7) is 4.05. The van der Waals surface area contributed by atoms with Crippen molar-refractivity contribution in [3.8, 4) is 0 Å². The number of primary amides is 1. The number of carbonyl (C=O) groups is 2. The quantitative estimate of drug-likeness (QED) is 0.751. The first kappa shape index (κ1) is 14.2. The van der Waals surface area contributed by atoms with Crippen molar-refractivity contribution in [2.75, 3.05) is 13.7 Å². The minimum atomic E-state index is -0.665. The summed E-state index contributed by atoms with van der Waals surface area (Å²) in [5.41, 5.74) is 4.97. The highest BCUT2D eigenvalue weighted by atomic mass is 16.5. The first-order chi connectivity index (χ1) is 8.26. The topological polar surface area (TPSA) is 99.2 Å². The summed E-state index contributed by atoms with van der Waals surface area (Å²) in [5.74, 6) is -0.996. The van der Waals surface area contributed by atoms with E-state index in [1.807, 2.05) is 13.8 Å². The molecule has 7 nitrogen and oxygen atoms in total. The molecular formula is C11H18N4O3. The van der Waals surface area contributed by atoms with E-state index in [9.17, 15) is 9.59 Å². The van der Waals surface area contributed by atoms with Gasteiger partial charge in [-0.2, -0.15) is 5.10 Å². The van der Waals surface area contributed by atoms with Crippen LogP contribution >= 0.6 is 0 Å². The minimum absolute atomic E-state index is 0.0636. The Morgan fingerprint density at radius 3 is 2.61 bits per heavy atom. The molecule has 0 atom stereocenters. The van der Waals surface area contributed by atoms with E-state index in [1.165, 1.54) is 10.7 Å². The molecule has 18 heavy (non-hydrogen) atoms. The van der Waals surface area contributed by atoms with Crippen molar-refractivity contribution in [3.05, 3.63) is 17.5 Å². The van der Waals surface area contributed by atoms with E-state index in [0.717, 1.165) is 0 Å². The maximum Gasteiger partial charge on any atom is 0.269 e. The third kappa shape index (κ3) is 3.30. The second kappa shape index (κ2) is 5.18. The van der Waals surface area contributed by atoms with E-state index >= 15 is 0 Å². The second-order valence-corrected chi connectivity index (χ2v) is 4.55. The molecule has 2 amide bonds. The summed E-state index contributed by atoms with van der Waals surface area (Å²) in [7, 11) is 3.14. The first-order valence-electron chi connectivity index (χ1n) is 5.44. The predicted molar refractivity (Wildman–Crippen MR) is 65.1 cm³/mol. The van der Waals surface area contributed by atoms with Gasteiger partial charge in [0.1, 0.15) is 5.69 Å². The van der Waals surface area contributed by atoms with Crippen LogP contribution in [-0.4, -0.2) is 40.9 Å². The molecule has 0 fully saturated rings. The van der Waals surface area contributed by atoms with Crippen molar-refractivity contribution < 1.29 is 14.3 Å². The third-order valence-electron chi connectivity index (χ3n) is 2.59. The van der Waals surface area contributed by atoms with Gasteiger partial charge in [0, 0.05) is 26.8 Å². The molecule has 0 saturated carbocycles. The molecule has 1 aromatic heterocycles. The van der Waals surface area contributed by atoms with Crippen molar-refractivity contribution in [2.24, 2.45) is 12.8 Å². The summed E-state index contributed by atoms with van der Waals surface area (Å²) in [4.78, 5) is 22.8. The molecule has 1 aromatic rings. The van der Waals surface area contributed by atoms with Crippen molar-refractivity contribution in [1.29, 1.82) is 0 Å². The highest BCUT2D eigenvalue weighted by Crippen LogP contribution is 2.07. The smallest absolute Gasteiger partial charge is 0.269 e. The van der Waals surface area contributed by atoms with E-state index in [4.69, 9.17) is 10.5 Å². The zero-order valence-electron chi connectivity index (χ0n) is 11.0. The lowest BCUT2D eigenvalue weighted by Crippen LogP contribution is -2.40. The fraction of sp³-hybridized carbons (Fsp3) is 0.545. The molecular weight excluding hydrogens is 236 g/mol. The molecule has 0 radical (unpaired) electrons. The molecule has 0 aliphatic rings. The Hall–Kier alpha value is -1.89. The van der Waals surface area contributed by atoms with Crippen LogP contribution in [0.2, 0.25) is 0 Å². The Bertz CT molecular complexity index is 465. The number of aryl methyl sites for hydroxylation is 1. The Morgan fingerprint density at radius 1 is 1.56 bits per heavy atom. The molecule has 0 spiro atoms. The molecule has 0 unspecified atom stereocenters. The Labute approximate surface area is 105 Å². The fourth-order valence-electron chi connectivity index (χ4n) is 1.26. The Morgan fingerprint density at radius 2 is 2.17 bits per heavy atom. The van der Waals surface area contributed by atoms with Crippen molar-refractivity contribution >= 4 is 11.8 Å². The van der Waals surface area contributed by atoms with Gasteiger partial charge in [0.25, 0.3) is 11.8 Å². The Balaban J connectivity index is 2.76. The second-order valence-electron chi connectivity index (χ2n) is 4.55. The monoisotopic (exact) mass is 254 g/mol. The van der Waals surface area contributed by atoms with Gasteiger partial charge in [-0.15, -0.1) is 0 Å². The van der Waals surface area contributed by atoms with Crippen LogP contribution < -0.4 is 11.1 Å². The van der Waals surface area contributed by atoms with Gasteiger partial charge in [-0.1, -0.05) is 0 Å². The van der Waals surface area contributed by atoms with Crippen molar-refractivity contribution in [2.45, 2.75) is 19.4 Å². The first-order valence-corrected chi connectivity index (χ1v) is 5.44. The van der Waals surface area contributed by atoms with Gasteiger partial charge in [0.15, 0.2) is 5.69 Å². The molecule has 100 valence electrons. The lowest BCUT2D eigenvalue weighted by molar-refractivity contribution is 0.0227. The molecule has 0 bridgehead atoms. The molecule has 1 heterocycles. The summed E-state index contributed by atoms with van der Waals surface area (Å²) in [5, 5.41) is 6.55. The van der Waals surface area contributed by atoms with Gasteiger partial charge < -0.3 is 15.8 Å². The summed E-state index contributed by atoms with van der Waals surface area (Å²) in [6, 6.07) is 1.36. The zero-order valence-corrected chi connectivity index (χ0v) is 11.0. The van der Waals surface area contributed by atoms with E-state index in [-0.39, 0.29) is 17.3 Å². The van der Waals surface area contributed by atoms with E-state index in [1.54, 1.807) is 14.2 Å². The Kier molecular flexibility index (Phi) is 4.07. The number of hydrogen-bond acceptors (Lipinski definition) is 4. The average molecular weight is 254 g/mol. The maximum atomic E-state index is 11.9. The summed E-state index contributed by atoms with van der Waals surface area (Å²) >= 11 is 0. The summed E-state index contributed by atoms with van der Waals surface area (Å²) < 4.78 is 6.50. The van der Waals surface area contributed by atoms with Crippen LogP contribution in [0.3, 0.4) is 0 Å². The van der Waals surface area contributed by atoms with Crippen LogP contribution in [0.15, 0.2) is 6.07 Å². The number of methoxy groups -OCH3 is 1. The van der Waals surface area contributed by atoms with Crippen LogP contribution in [0.5, 0.6) is 0 Å². The minimum Gasteiger partial charge on any atom is -0.377 e. The number of nitrogens with two attached hydrogens (primary N) is 1. The van der Waals surface area contributed by atoms with Gasteiger partial charge in [0.2, 0.25) is 0 Å². The third-order valence-corrected chi connectivity index (χ3v) is 2.59. The molecule has 0 saturated heterocycles. The number of nitrogens with zero attached hydrogens (tertiary/aromatic N) is 2. The summed E-state index contributed by atoms with van der Waals surface area (Å²) in [6.07, 6.45) is 0. The highest BCUT2D eigenvalue weighted by molar-refractivity contribution is 5.97. The number of nitrogens with one attached hydrogen (secondary N) is 1. The van der Waals surface area contributed by atoms with Gasteiger partial charge in [-0.3, -0.25) is 14.3 Å². The SMILES string of the molecule is COC(C)(C)CNC(=O)c1cc(C(N)=O)nn1C. The highest BCUT2D eigenvalue weighted by Gasteiger charge is 2.20. The van der Waals surface area contributed by atoms with Gasteiger partial charge in [0.05, 0.1) is 5.60 Å². The number of hydrogen-bond donors (Lipinski definition) is 2. The van der Waals surface area contributed by atoms with E-state index in [0.29, 0.717) is 6.54 Å². The number of rotatable bonds is 5. The zero-order chi connectivity index (χ0) is 13.9. The van der Waals surface area contributed by atoms with Crippen molar-refractivity contribution in [1.82, 2.24) is 15.1 Å². The van der Waals surface area contributed by atoms with Crippen LogP contribution in [0, 0.1) is 0 Å². The van der Waals surface area contributed by atoms with Crippen LogP contribution in [-0.2, 0) is 11.8 Å². The van der Waals surface area contributed by atoms with Crippen molar-refractivity contribution in [3.63, 3.8) is 0 Å². The molecule has 0 aliphatic heterocycles. The number of amides is 2. The van der Waals surface area contributed by atoms with Crippen LogP contribution in [0.4, 0.5) is 0 Å². The number of aromatic nitrogens is 2. The van der Waals surface area contributed by atoms with Gasteiger partial charge >= 0.3 is 0 Å². The molecule has 0 aliphatic carbocycles. The molecule has 0 aromatic carbocycles. The molecule has 3 N–H and O–H groups in total. The maximum absolute atomic E-state index is 11.9. The van der Waals surface area contributed by atoms with E-state index in [2.05, 4.69) is 10.4 Å². The normalized spacial score (nSPS) is 11.3.